The fourth-order valence-electron chi connectivity index (χ4n) is 1.29. The highest BCUT2D eigenvalue weighted by Gasteiger charge is 2.15. The molecule has 2 unspecified atom stereocenters. The van der Waals surface area contributed by atoms with E-state index in [0.29, 0.717) is 5.69 Å². The number of rotatable bonds is 2. The molecule has 3 nitrogen and oxygen atoms in total. The summed E-state index contributed by atoms with van der Waals surface area (Å²) in [5, 5.41) is 17.6. The van der Waals surface area contributed by atoms with Gasteiger partial charge in [0.2, 0.25) is 0 Å². The Morgan fingerprint density at radius 2 is 1.86 bits per heavy atom. The first-order chi connectivity index (χ1) is 6.70. The predicted molar refractivity (Wildman–Crippen MR) is 52.3 cm³/mol. The van der Waals surface area contributed by atoms with E-state index < -0.39 is 0 Å². The van der Waals surface area contributed by atoms with Crippen molar-refractivity contribution in [3.63, 3.8) is 0 Å². The van der Waals surface area contributed by atoms with Gasteiger partial charge >= 0.3 is 0 Å². The zero-order valence-corrected chi connectivity index (χ0v) is 8.23. The third-order valence-electron chi connectivity index (χ3n) is 2.14. The zero-order chi connectivity index (χ0) is 10.6. The van der Waals surface area contributed by atoms with E-state index in [9.17, 15) is 0 Å². The summed E-state index contributed by atoms with van der Waals surface area (Å²) in [6.07, 6.45) is 1.65. The molecule has 70 valence electrons. The lowest BCUT2D eigenvalue weighted by molar-refractivity contribution is 0.850. The first-order valence-corrected chi connectivity index (χ1v) is 4.44. The maximum atomic E-state index is 8.81. The Hall–Kier alpha value is -1.87. The van der Waals surface area contributed by atoms with Crippen molar-refractivity contribution in [2.75, 3.05) is 0 Å². The first-order valence-electron chi connectivity index (χ1n) is 4.44. The molecule has 1 aromatic heterocycles. The predicted octanol–water partition coefficient (Wildman–Crippen LogP) is 2.34. The molecule has 0 radical (unpaired) electrons. The van der Waals surface area contributed by atoms with Crippen LogP contribution in [0.5, 0.6) is 0 Å². The maximum absolute atomic E-state index is 8.81. The van der Waals surface area contributed by atoms with E-state index in [1.165, 1.54) is 0 Å². The molecule has 14 heavy (non-hydrogen) atoms. The Balaban J connectivity index is 3.18. The molecule has 1 heterocycles. The van der Waals surface area contributed by atoms with E-state index >= 15 is 0 Å². The van der Waals surface area contributed by atoms with Crippen LogP contribution in [0.25, 0.3) is 0 Å². The molecule has 0 saturated heterocycles. The standard InChI is InChI=1S/C11H11N3/c1-8(6-12)10-4-3-5-14-11(10)9(2)7-13/h3-5,8-9H,1-2H3. The number of nitrogens with zero attached hydrogens (tertiary/aromatic N) is 3. The topological polar surface area (TPSA) is 60.5 Å². The summed E-state index contributed by atoms with van der Waals surface area (Å²) in [6.45, 7) is 3.60. The van der Waals surface area contributed by atoms with Gasteiger partial charge in [-0.3, -0.25) is 4.98 Å². The molecule has 1 rings (SSSR count). The number of pyridine rings is 1. The van der Waals surface area contributed by atoms with Gasteiger partial charge in [-0.25, -0.2) is 0 Å². The molecule has 2 atom stereocenters. The summed E-state index contributed by atoms with van der Waals surface area (Å²) in [7, 11) is 0. The molecule has 0 aromatic carbocycles. The van der Waals surface area contributed by atoms with Crippen molar-refractivity contribution in [2.45, 2.75) is 25.7 Å². The highest BCUT2D eigenvalue weighted by molar-refractivity contribution is 5.32. The van der Waals surface area contributed by atoms with Crippen LogP contribution in [0.1, 0.15) is 36.9 Å². The second-order valence-corrected chi connectivity index (χ2v) is 3.18. The lowest BCUT2D eigenvalue weighted by atomic mass is 9.95. The van der Waals surface area contributed by atoms with Crippen molar-refractivity contribution < 1.29 is 0 Å². The smallest absolute Gasteiger partial charge is 0.0859 e. The van der Waals surface area contributed by atoms with Crippen molar-refractivity contribution in [1.29, 1.82) is 10.5 Å². The minimum atomic E-state index is -0.262. The monoisotopic (exact) mass is 185 g/mol. The third-order valence-corrected chi connectivity index (χ3v) is 2.14. The molecule has 0 saturated carbocycles. The highest BCUT2D eigenvalue weighted by atomic mass is 14.7. The minimum Gasteiger partial charge on any atom is -0.260 e. The van der Waals surface area contributed by atoms with E-state index in [-0.39, 0.29) is 11.8 Å². The molecule has 0 aliphatic rings. The van der Waals surface area contributed by atoms with Gasteiger partial charge in [0.05, 0.1) is 29.7 Å². The largest absolute Gasteiger partial charge is 0.260 e. The number of aromatic nitrogens is 1. The fourth-order valence-corrected chi connectivity index (χ4v) is 1.29. The Kier molecular flexibility index (Phi) is 3.20. The summed E-state index contributed by atoms with van der Waals surface area (Å²) in [6, 6.07) is 7.92. The Morgan fingerprint density at radius 3 is 2.43 bits per heavy atom. The zero-order valence-electron chi connectivity index (χ0n) is 8.23. The number of nitriles is 2. The van der Waals surface area contributed by atoms with Gasteiger partial charge in [-0.2, -0.15) is 10.5 Å². The van der Waals surface area contributed by atoms with Crippen LogP contribution in [-0.4, -0.2) is 4.98 Å². The first kappa shape index (κ1) is 10.2. The van der Waals surface area contributed by atoms with Crippen molar-refractivity contribution in [1.82, 2.24) is 4.98 Å². The van der Waals surface area contributed by atoms with E-state index in [4.69, 9.17) is 10.5 Å². The SMILES string of the molecule is CC(C#N)c1cccnc1C(C)C#N. The Bertz CT molecular complexity index is 359. The maximum Gasteiger partial charge on any atom is 0.0859 e. The molecule has 0 aliphatic heterocycles. The Morgan fingerprint density at radius 1 is 1.21 bits per heavy atom. The second-order valence-electron chi connectivity index (χ2n) is 3.18. The molecule has 3 heteroatoms. The summed E-state index contributed by atoms with van der Waals surface area (Å²) in [5.74, 6) is -0.475. The van der Waals surface area contributed by atoms with Gasteiger partial charge in [-0.05, 0) is 25.5 Å². The molecular formula is C11H11N3. The van der Waals surface area contributed by atoms with Gasteiger partial charge in [-0.1, -0.05) is 6.07 Å². The van der Waals surface area contributed by atoms with Crippen LogP contribution in [0, 0.1) is 22.7 Å². The van der Waals surface area contributed by atoms with Gasteiger partial charge in [0.15, 0.2) is 0 Å². The van der Waals surface area contributed by atoms with Crippen molar-refractivity contribution in [3.8, 4) is 12.1 Å². The summed E-state index contributed by atoms with van der Waals surface area (Å²) >= 11 is 0. The van der Waals surface area contributed by atoms with Crippen LogP contribution in [-0.2, 0) is 0 Å². The van der Waals surface area contributed by atoms with E-state index in [1.54, 1.807) is 19.2 Å². The van der Waals surface area contributed by atoms with Crippen molar-refractivity contribution in [3.05, 3.63) is 29.6 Å². The molecule has 0 bridgehead atoms. The van der Waals surface area contributed by atoms with Crippen LogP contribution >= 0.6 is 0 Å². The average Bonchev–Trinajstić information content (AvgIpc) is 2.27. The lowest BCUT2D eigenvalue weighted by Crippen LogP contribution is -2.02. The fraction of sp³-hybridized carbons (Fsp3) is 0.364. The van der Waals surface area contributed by atoms with Crippen LogP contribution in [0.3, 0.4) is 0 Å². The van der Waals surface area contributed by atoms with Gasteiger partial charge in [0, 0.05) is 6.20 Å². The van der Waals surface area contributed by atoms with Gasteiger partial charge in [-0.15, -0.1) is 0 Å². The van der Waals surface area contributed by atoms with Crippen LogP contribution in [0.4, 0.5) is 0 Å². The van der Waals surface area contributed by atoms with E-state index in [0.717, 1.165) is 5.56 Å². The van der Waals surface area contributed by atoms with Crippen molar-refractivity contribution >= 4 is 0 Å². The van der Waals surface area contributed by atoms with E-state index in [1.807, 2.05) is 13.0 Å². The quantitative estimate of drug-likeness (QED) is 0.710. The average molecular weight is 185 g/mol. The number of hydrogen-bond acceptors (Lipinski definition) is 3. The molecule has 0 spiro atoms. The summed E-state index contributed by atoms with van der Waals surface area (Å²) in [4.78, 5) is 4.14. The summed E-state index contributed by atoms with van der Waals surface area (Å²) in [5.41, 5.74) is 1.56. The van der Waals surface area contributed by atoms with Gasteiger partial charge < -0.3 is 0 Å². The number of hydrogen-bond donors (Lipinski definition) is 0. The molecule has 0 aliphatic carbocycles. The molecule has 0 N–H and O–H groups in total. The van der Waals surface area contributed by atoms with Crippen molar-refractivity contribution in [2.24, 2.45) is 0 Å². The van der Waals surface area contributed by atoms with E-state index in [2.05, 4.69) is 17.1 Å². The van der Waals surface area contributed by atoms with Gasteiger partial charge in [0.1, 0.15) is 0 Å². The summed E-state index contributed by atoms with van der Waals surface area (Å²) < 4.78 is 0. The van der Waals surface area contributed by atoms with Crippen LogP contribution < -0.4 is 0 Å². The molecular weight excluding hydrogens is 174 g/mol. The van der Waals surface area contributed by atoms with Gasteiger partial charge in [0.25, 0.3) is 0 Å². The molecule has 0 amide bonds. The molecule has 0 fully saturated rings. The minimum absolute atomic E-state index is 0.213. The normalized spacial score (nSPS) is 13.7. The Labute approximate surface area is 83.6 Å². The molecule has 1 aromatic rings. The van der Waals surface area contributed by atoms with Crippen LogP contribution in [0.15, 0.2) is 18.3 Å². The third kappa shape index (κ3) is 1.89. The lowest BCUT2D eigenvalue weighted by Gasteiger charge is -2.10. The highest BCUT2D eigenvalue weighted by Crippen LogP contribution is 2.23. The second kappa shape index (κ2) is 4.39. The van der Waals surface area contributed by atoms with Crippen LogP contribution in [0.2, 0.25) is 0 Å².